The number of hydrogen-bond acceptors (Lipinski definition) is 2. The van der Waals surface area contributed by atoms with Gasteiger partial charge in [0.25, 0.3) is 0 Å². The molecule has 0 spiro atoms. The molecule has 0 radical (unpaired) electrons. The van der Waals surface area contributed by atoms with Crippen LogP contribution < -0.4 is 0 Å². The summed E-state index contributed by atoms with van der Waals surface area (Å²) in [7, 11) is 0. The second-order valence-electron chi connectivity index (χ2n) is 3.89. The predicted molar refractivity (Wildman–Crippen MR) is 55.8 cm³/mol. The summed E-state index contributed by atoms with van der Waals surface area (Å²) in [6.07, 6.45) is 7.59. The van der Waals surface area contributed by atoms with Crippen molar-refractivity contribution < 1.29 is 9.90 Å². The zero-order chi connectivity index (χ0) is 10.6. The molecule has 0 saturated carbocycles. The summed E-state index contributed by atoms with van der Waals surface area (Å²) < 4.78 is 0. The SMILES string of the molecule is C/C=C/C=C/C(=O)N1CCC(C)(O)C1. The Hall–Kier alpha value is -1.09. The van der Waals surface area contributed by atoms with Gasteiger partial charge in [-0.25, -0.2) is 0 Å². The van der Waals surface area contributed by atoms with Crippen LogP contribution in [0.4, 0.5) is 0 Å². The van der Waals surface area contributed by atoms with E-state index in [0.29, 0.717) is 19.5 Å². The molecule has 78 valence electrons. The van der Waals surface area contributed by atoms with Gasteiger partial charge in [0.1, 0.15) is 0 Å². The molecule has 1 N–H and O–H groups in total. The van der Waals surface area contributed by atoms with Crippen molar-refractivity contribution in [3.05, 3.63) is 24.3 Å². The van der Waals surface area contributed by atoms with Gasteiger partial charge in [0, 0.05) is 19.2 Å². The summed E-state index contributed by atoms with van der Waals surface area (Å²) in [5.74, 6) is -0.0270. The van der Waals surface area contributed by atoms with Crippen molar-refractivity contribution in [3.8, 4) is 0 Å². The lowest BCUT2D eigenvalue weighted by molar-refractivity contribution is -0.125. The van der Waals surface area contributed by atoms with E-state index < -0.39 is 5.60 Å². The molecule has 1 heterocycles. The average Bonchev–Trinajstić information content (AvgIpc) is 2.46. The van der Waals surface area contributed by atoms with Crippen LogP contribution in [-0.2, 0) is 4.79 Å². The van der Waals surface area contributed by atoms with Gasteiger partial charge in [0.2, 0.25) is 5.91 Å². The lowest BCUT2D eigenvalue weighted by Gasteiger charge is -2.17. The Morgan fingerprint density at radius 1 is 1.50 bits per heavy atom. The normalized spacial score (nSPS) is 28.1. The Balaban J connectivity index is 2.48. The highest BCUT2D eigenvalue weighted by Crippen LogP contribution is 2.20. The zero-order valence-electron chi connectivity index (χ0n) is 8.73. The Labute approximate surface area is 84.7 Å². The molecule has 14 heavy (non-hydrogen) atoms. The van der Waals surface area contributed by atoms with E-state index in [4.69, 9.17) is 0 Å². The number of β-amino-alcohol motifs (C(OH)–C–C–N with tert-alkyl or cyclic N) is 1. The molecule has 3 heteroatoms. The van der Waals surface area contributed by atoms with Crippen LogP contribution in [0.5, 0.6) is 0 Å². The lowest BCUT2D eigenvalue weighted by Crippen LogP contribution is -2.32. The molecule has 0 aromatic heterocycles. The van der Waals surface area contributed by atoms with Gasteiger partial charge in [-0.05, 0) is 20.3 Å². The van der Waals surface area contributed by atoms with Gasteiger partial charge in [0.15, 0.2) is 0 Å². The average molecular weight is 195 g/mol. The second kappa shape index (κ2) is 4.42. The van der Waals surface area contributed by atoms with E-state index in [0.717, 1.165) is 0 Å². The van der Waals surface area contributed by atoms with Crippen LogP contribution in [0.15, 0.2) is 24.3 Å². The standard InChI is InChI=1S/C11H17NO2/c1-3-4-5-6-10(13)12-8-7-11(2,14)9-12/h3-6,14H,7-9H2,1-2H3/b4-3+,6-5+. The van der Waals surface area contributed by atoms with Crippen LogP contribution in [0.2, 0.25) is 0 Å². The summed E-state index contributed by atoms with van der Waals surface area (Å²) >= 11 is 0. The molecule has 1 rings (SSSR count). The van der Waals surface area contributed by atoms with E-state index in [2.05, 4.69) is 0 Å². The highest BCUT2D eigenvalue weighted by Gasteiger charge is 2.32. The van der Waals surface area contributed by atoms with E-state index in [1.165, 1.54) is 6.08 Å². The fourth-order valence-electron chi connectivity index (χ4n) is 1.49. The number of likely N-dealkylation sites (tertiary alicyclic amines) is 1. The smallest absolute Gasteiger partial charge is 0.246 e. The van der Waals surface area contributed by atoms with Gasteiger partial charge in [-0.2, -0.15) is 0 Å². The van der Waals surface area contributed by atoms with Crippen LogP contribution in [0.25, 0.3) is 0 Å². The van der Waals surface area contributed by atoms with E-state index in [1.807, 2.05) is 19.1 Å². The van der Waals surface area contributed by atoms with Crippen LogP contribution >= 0.6 is 0 Å². The van der Waals surface area contributed by atoms with Crippen molar-refractivity contribution in [2.75, 3.05) is 13.1 Å². The lowest BCUT2D eigenvalue weighted by atomic mass is 10.1. The first-order valence-electron chi connectivity index (χ1n) is 4.86. The van der Waals surface area contributed by atoms with Gasteiger partial charge < -0.3 is 10.0 Å². The molecule has 1 aliphatic heterocycles. The Morgan fingerprint density at radius 2 is 2.21 bits per heavy atom. The van der Waals surface area contributed by atoms with E-state index in [-0.39, 0.29) is 5.91 Å². The van der Waals surface area contributed by atoms with Crippen molar-refractivity contribution >= 4 is 5.91 Å². The maximum atomic E-state index is 11.5. The van der Waals surface area contributed by atoms with Crippen molar-refractivity contribution in [2.24, 2.45) is 0 Å². The molecule has 1 amide bonds. The van der Waals surface area contributed by atoms with E-state index in [9.17, 15) is 9.90 Å². The minimum absolute atomic E-state index is 0.0270. The van der Waals surface area contributed by atoms with Crippen LogP contribution in [0.3, 0.4) is 0 Å². The van der Waals surface area contributed by atoms with Gasteiger partial charge in [-0.1, -0.05) is 18.2 Å². The van der Waals surface area contributed by atoms with E-state index >= 15 is 0 Å². The molecule has 3 nitrogen and oxygen atoms in total. The molecular formula is C11H17NO2. The minimum atomic E-state index is -0.704. The van der Waals surface area contributed by atoms with Crippen molar-refractivity contribution in [1.29, 1.82) is 0 Å². The molecule has 1 fully saturated rings. The van der Waals surface area contributed by atoms with Crippen LogP contribution in [0.1, 0.15) is 20.3 Å². The highest BCUT2D eigenvalue weighted by atomic mass is 16.3. The maximum absolute atomic E-state index is 11.5. The van der Waals surface area contributed by atoms with Crippen LogP contribution in [0, 0.1) is 0 Å². The highest BCUT2D eigenvalue weighted by molar-refractivity contribution is 5.88. The zero-order valence-corrected chi connectivity index (χ0v) is 8.73. The number of hydrogen-bond donors (Lipinski definition) is 1. The topological polar surface area (TPSA) is 40.5 Å². The van der Waals surface area contributed by atoms with Gasteiger partial charge in [-0.15, -0.1) is 0 Å². The van der Waals surface area contributed by atoms with Gasteiger partial charge in [0.05, 0.1) is 5.60 Å². The quantitative estimate of drug-likeness (QED) is 0.529. The molecule has 0 aromatic rings. The number of allylic oxidation sites excluding steroid dienone is 3. The van der Waals surface area contributed by atoms with Crippen LogP contribution in [-0.4, -0.2) is 34.6 Å². The molecule has 0 aliphatic carbocycles. The number of carbonyl (C=O) groups is 1. The third-order valence-corrected chi connectivity index (χ3v) is 2.31. The predicted octanol–water partition coefficient (Wildman–Crippen LogP) is 1.10. The second-order valence-corrected chi connectivity index (χ2v) is 3.89. The first-order chi connectivity index (χ1) is 6.55. The summed E-state index contributed by atoms with van der Waals surface area (Å²) in [4.78, 5) is 13.2. The molecule has 1 saturated heterocycles. The fourth-order valence-corrected chi connectivity index (χ4v) is 1.49. The number of rotatable bonds is 2. The number of carbonyl (C=O) groups excluding carboxylic acids is 1. The molecule has 1 atom stereocenters. The summed E-state index contributed by atoms with van der Waals surface area (Å²) in [6.45, 7) is 4.74. The van der Waals surface area contributed by atoms with Crippen molar-refractivity contribution in [2.45, 2.75) is 25.9 Å². The van der Waals surface area contributed by atoms with Gasteiger partial charge in [-0.3, -0.25) is 4.79 Å². The summed E-state index contributed by atoms with van der Waals surface area (Å²) in [6, 6.07) is 0. The first-order valence-corrected chi connectivity index (χ1v) is 4.86. The Bertz CT molecular complexity index is 266. The molecule has 0 bridgehead atoms. The number of aliphatic hydroxyl groups is 1. The number of amides is 1. The third-order valence-electron chi connectivity index (χ3n) is 2.31. The monoisotopic (exact) mass is 195 g/mol. The van der Waals surface area contributed by atoms with Gasteiger partial charge >= 0.3 is 0 Å². The fraction of sp³-hybridized carbons (Fsp3) is 0.545. The largest absolute Gasteiger partial charge is 0.388 e. The molecular weight excluding hydrogens is 178 g/mol. The van der Waals surface area contributed by atoms with Crippen molar-refractivity contribution in [3.63, 3.8) is 0 Å². The minimum Gasteiger partial charge on any atom is -0.388 e. The molecule has 1 aliphatic rings. The molecule has 1 unspecified atom stereocenters. The Morgan fingerprint density at radius 3 is 2.71 bits per heavy atom. The maximum Gasteiger partial charge on any atom is 0.246 e. The van der Waals surface area contributed by atoms with E-state index in [1.54, 1.807) is 17.9 Å². The first kappa shape index (κ1) is 11.0. The molecule has 0 aromatic carbocycles. The van der Waals surface area contributed by atoms with Crippen molar-refractivity contribution in [1.82, 2.24) is 4.90 Å². The number of nitrogens with zero attached hydrogens (tertiary/aromatic N) is 1. The summed E-state index contributed by atoms with van der Waals surface area (Å²) in [5.41, 5.74) is -0.704. The Kier molecular flexibility index (Phi) is 3.47. The summed E-state index contributed by atoms with van der Waals surface area (Å²) in [5, 5.41) is 9.65. The third kappa shape index (κ3) is 3.00.